The molecular weight excluding hydrogens is 458 g/mol. The van der Waals surface area contributed by atoms with Gasteiger partial charge in [0.25, 0.3) is 0 Å². The van der Waals surface area contributed by atoms with Crippen LogP contribution in [0.5, 0.6) is 0 Å². The van der Waals surface area contributed by atoms with Gasteiger partial charge >= 0.3 is 29.8 Å². The number of nitrogens with two attached hydrogens (primary N) is 4. The molecular formula is C19H39N5O10. The Balaban J connectivity index is -0.000000393. The second kappa shape index (κ2) is 19.7. The number of hydrogen-bond acceptors (Lipinski definition) is 12. The average molecular weight is 498 g/mol. The Morgan fingerprint density at radius 1 is 0.912 bits per heavy atom. The van der Waals surface area contributed by atoms with Gasteiger partial charge in [0.2, 0.25) is 0 Å². The molecule has 4 atom stereocenters. The standard InChI is InChI=1S/C7H14N2O3.C5H9NO3.C5H11NO2.C2H5NO2/c1-4(2)6(9)7(11)12-5(10)3-8;7-3-1-2-6-4(3)5(8)9;1-3(2)4(6)5(7)8;3-1-2(4)5/h4,6H,3,8-9H2,1-2H3;3-4,6-7H,1-2H2,(H,8,9);3-4H,6H2,1-2H3,(H,7,8);1,3H2,(H,4,5)/t6-;3?,4-;4-;/m000./s1. The second-order valence-electron chi connectivity index (χ2n) is 7.60. The van der Waals surface area contributed by atoms with Crippen LogP contribution >= 0.6 is 0 Å². The fourth-order valence-electron chi connectivity index (χ4n) is 1.72. The summed E-state index contributed by atoms with van der Waals surface area (Å²) in [6, 6.07) is -2.22. The Morgan fingerprint density at radius 3 is 1.53 bits per heavy atom. The van der Waals surface area contributed by atoms with Crippen molar-refractivity contribution < 1.29 is 49.1 Å². The smallest absolute Gasteiger partial charge is 0.330 e. The Bertz CT molecular complexity index is 645. The summed E-state index contributed by atoms with van der Waals surface area (Å²) in [4.78, 5) is 50.9. The number of aliphatic hydroxyl groups is 1. The highest BCUT2D eigenvalue weighted by atomic mass is 16.6. The predicted octanol–water partition coefficient (Wildman–Crippen LogP) is -3.12. The zero-order chi connectivity index (χ0) is 27.6. The number of carbonyl (C=O) groups excluding carboxylic acids is 2. The molecule has 1 fully saturated rings. The summed E-state index contributed by atoms with van der Waals surface area (Å²) in [6.07, 6.45) is -0.167. The fraction of sp³-hybridized carbons (Fsp3) is 0.737. The number of ether oxygens (including phenoxy) is 1. The van der Waals surface area contributed by atoms with Crippen LogP contribution in [0.1, 0.15) is 34.1 Å². The first-order valence-corrected chi connectivity index (χ1v) is 10.3. The van der Waals surface area contributed by atoms with E-state index in [0.29, 0.717) is 13.0 Å². The third kappa shape index (κ3) is 18.8. The molecule has 0 saturated carbocycles. The lowest BCUT2D eigenvalue weighted by atomic mass is 10.1. The molecule has 0 bridgehead atoms. The quantitative estimate of drug-likeness (QED) is 0.124. The van der Waals surface area contributed by atoms with E-state index in [4.69, 9.17) is 37.6 Å². The first-order valence-electron chi connectivity index (χ1n) is 10.3. The van der Waals surface area contributed by atoms with Gasteiger partial charge in [-0.1, -0.05) is 27.7 Å². The Hall–Kier alpha value is -2.69. The van der Waals surface area contributed by atoms with Crippen molar-refractivity contribution in [2.24, 2.45) is 34.8 Å². The topological polar surface area (TPSA) is 292 Å². The maximum atomic E-state index is 10.9. The van der Waals surface area contributed by atoms with E-state index in [1.807, 2.05) is 0 Å². The highest BCUT2D eigenvalue weighted by molar-refractivity contribution is 5.89. The lowest BCUT2D eigenvalue weighted by molar-refractivity contribution is -0.160. The number of hydrogen-bond donors (Lipinski definition) is 9. The van der Waals surface area contributed by atoms with E-state index in [1.54, 1.807) is 27.7 Å². The van der Waals surface area contributed by atoms with E-state index in [-0.39, 0.29) is 24.9 Å². The predicted molar refractivity (Wildman–Crippen MR) is 120 cm³/mol. The summed E-state index contributed by atoms with van der Waals surface area (Å²) in [7, 11) is 0. The van der Waals surface area contributed by atoms with Gasteiger partial charge in [-0.25, -0.2) is 4.79 Å². The minimum Gasteiger partial charge on any atom is -0.480 e. The number of nitrogens with one attached hydrogen (secondary N) is 1. The minimum atomic E-state index is -0.972. The van der Waals surface area contributed by atoms with Crippen molar-refractivity contribution >= 4 is 29.8 Å². The number of carboxylic acids is 3. The lowest BCUT2D eigenvalue weighted by Gasteiger charge is -2.12. The van der Waals surface area contributed by atoms with Gasteiger partial charge in [-0.05, 0) is 24.8 Å². The van der Waals surface area contributed by atoms with Crippen molar-refractivity contribution in [3.8, 4) is 0 Å². The van der Waals surface area contributed by atoms with Crippen molar-refractivity contribution in [3.63, 3.8) is 0 Å². The molecule has 0 spiro atoms. The Morgan fingerprint density at radius 2 is 1.35 bits per heavy atom. The number of carbonyl (C=O) groups is 5. The van der Waals surface area contributed by atoms with E-state index in [9.17, 15) is 24.0 Å². The molecule has 1 unspecified atom stereocenters. The van der Waals surface area contributed by atoms with Crippen LogP contribution in [0.4, 0.5) is 0 Å². The molecule has 1 aliphatic rings. The molecule has 15 nitrogen and oxygen atoms in total. The van der Waals surface area contributed by atoms with Crippen LogP contribution in [0.2, 0.25) is 0 Å². The zero-order valence-electron chi connectivity index (χ0n) is 19.8. The normalized spacial score (nSPS) is 18.1. The third-order valence-corrected chi connectivity index (χ3v) is 4.00. The molecule has 1 heterocycles. The SMILES string of the molecule is CC(C)[C@H](N)C(=O)O.CC(C)[C@H](N)C(=O)OC(=O)CN.NCC(=O)O.O=C(O)[C@H]1NCCC1O. The average Bonchev–Trinajstić information content (AvgIpc) is 3.19. The van der Waals surface area contributed by atoms with Gasteiger partial charge < -0.3 is 53.4 Å². The molecule has 1 aliphatic heterocycles. The number of carboxylic acid groups (broad SMARTS) is 3. The van der Waals surface area contributed by atoms with Crippen molar-refractivity contribution in [1.82, 2.24) is 5.32 Å². The van der Waals surface area contributed by atoms with Crippen molar-refractivity contribution in [2.75, 3.05) is 19.6 Å². The molecule has 0 aromatic carbocycles. The molecule has 200 valence electrons. The van der Waals surface area contributed by atoms with E-state index in [2.05, 4.69) is 15.8 Å². The maximum Gasteiger partial charge on any atom is 0.330 e. The fourth-order valence-corrected chi connectivity index (χ4v) is 1.72. The van der Waals surface area contributed by atoms with E-state index in [0.717, 1.165) is 0 Å². The number of rotatable bonds is 7. The van der Waals surface area contributed by atoms with Crippen molar-refractivity contribution in [1.29, 1.82) is 0 Å². The minimum absolute atomic E-state index is 0.0208. The van der Waals surface area contributed by atoms with E-state index >= 15 is 0 Å². The molecule has 0 aromatic heterocycles. The molecule has 1 rings (SSSR count). The molecule has 13 N–H and O–H groups in total. The summed E-state index contributed by atoms with van der Waals surface area (Å²) in [6.45, 7) is 7.09. The van der Waals surface area contributed by atoms with Crippen LogP contribution in [0.3, 0.4) is 0 Å². The van der Waals surface area contributed by atoms with Gasteiger partial charge in [-0.15, -0.1) is 0 Å². The summed E-state index contributed by atoms with van der Waals surface area (Å²) in [5.74, 6) is -4.38. The van der Waals surface area contributed by atoms with Gasteiger partial charge in [0, 0.05) is 0 Å². The van der Waals surface area contributed by atoms with Crippen molar-refractivity contribution in [3.05, 3.63) is 0 Å². The van der Waals surface area contributed by atoms with Crippen LogP contribution in [0, 0.1) is 11.8 Å². The van der Waals surface area contributed by atoms with Gasteiger partial charge in [0.05, 0.1) is 19.2 Å². The first kappa shape index (κ1) is 35.9. The Kier molecular flexibility index (Phi) is 20.8. The largest absolute Gasteiger partial charge is 0.480 e. The molecule has 0 aliphatic carbocycles. The van der Waals surface area contributed by atoms with Crippen LogP contribution in [0.15, 0.2) is 0 Å². The number of aliphatic carboxylic acids is 3. The molecule has 0 radical (unpaired) electrons. The van der Waals surface area contributed by atoms with Gasteiger partial charge in [-0.3, -0.25) is 19.2 Å². The highest BCUT2D eigenvalue weighted by Crippen LogP contribution is 2.05. The maximum absolute atomic E-state index is 10.9. The molecule has 0 amide bonds. The summed E-state index contributed by atoms with van der Waals surface area (Å²) < 4.78 is 4.29. The molecule has 15 heteroatoms. The molecule has 1 saturated heterocycles. The highest BCUT2D eigenvalue weighted by Gasteiger charge is 2.30. The van der Waals surface area contributed by atoms with Crippen molar-refractivity contribution in [2.45, 2.75) is 58.3 Å². The third-order valence-electron chi connectivity index (χ3n) is 4.00. The van der Waals surface area contributed by atoms with E-state index in [1.165, 1.54) is 0 Å². The number of aliphatic hydroxyl groups excluding tert-OH is 1. The van der Waals surface area contributed by atoms with Gasteiger partial charge in [0.1, 0.15) is 18.1 Å². The van der Waals surface area contributed by atoms with Crippen LogP contribution in [0.25, 0.3) is 0 Å². The molecule has 0 aromatic rings. The Labute approximate surface area is 197 Å². The van der Waals surface area contributed by atoms with Crippen LogP contribution in [-0.4, -0.2) is 94.1 Å². The molecule has 34 heavy (non-hydrogen) atoms. The van der Waals surface area contributed by atoms with Crippen LogP contribution < -0.4 is 28.3 Å². The first-order chi connectivity index (χ1) is 15.5. The monoisotopic (exact) mass is 497 g/mol. The summed E-state index contributed by atoms with van der Waals surface area (Å²) in [5, 5.41) is 35.8. The van der Waals surface area contributed by atoms with Gasteiger partial charge in [0.15, 0.2) is 0 Å². The zero-order valence-corrected chi connectivity index (χ0v) is 19.8. The summed E-state index contributed by atoms with van der Waals surface area (Å²) in [5.41, 5.74) is 20.1. The van der Waals surface area contributed by atoms with E-state index < -0.39 is 54.1 Å². The van der Waals surface area contributed by atoms with Gasteiger partial charge in [-0.2, -0.15) is 0 Å². The number of esters is 2. The van der Waals surface area contributed by atoms with Crippen LogP contribution in [-0.2, 0) is 28.7 Å². The lowest BCUT2D eigenvalue weighted by Crippen LogP contribution is -2.39. The summed E-state index contributed by atoms with van der Waals surface area (Å²) >= 11 is 0. The second-order valence-corrected chi connectivity index (χ2v) is 7.60.